The van der Waals surface area contributed by atoms with E-state index in [1.807, 2.05) is 44.2 Å². The minimum absolute atomic E-state index is 0.288. The SMILES string of the molecule is CB1CCc2ccc(cc2)Oc2ccc1cc2F.CC. The molecule has 0 saturated heterocycles. The summed E-state index contributed by atoms with van der Waals surface area (Å²) in [5.41, 5.74) is 2.33. The van der Waals surface area contributed by atoms with Gasteiger partial charge in [-0.3, -0.25) is 0 Å². The van der Waals surface area contributed by atoms with E-state index >= 15 is 0 Å². The van der Waals surface area contributed by atoms with Gasteiger partial charge in [0, 0.05) is 0 Å². The first-order chi connectivity index (χ1) is 9.72. The molecule has 1 nitrogen and oxygen atoms in total. The molecule has 0 amide bonds. The lowest BCUT2D eigenvalue weighted by atomic mass is 9.44. The maximum Gasteiger partial charge on any atom is 0.173 e. The predicted molar refractivity (Wildman–Crippen MR) is 84.0 cm³/mol. The summed E-state index contributed by atoms with van der Waals surface area (Å²) < 4.78 is 19.5. The lowest BCUT2D eigenvalue weighted by Crippen LogP contribution is -2.27. The Kier molecular flexibility index (Phi) is 4.83. The fraction of sp³-hybridized carbons (Fsp3) is 0.294. The van der Waals surface area contributed by atoms with Gasteiger partial charge in [-0.05, 0) is 36.2 Å². The van der Waals surface area contributed by atoms with Crippen LogP contribution in [0.5, 0.6) is 11.5 Å². The molecule has 2 aromatic carbocycles. The molecule has 0 unspecified atom stereocenters. The van der Waals surface area contributed by atoms with E-state index in [0.29, 0.717) is 18.2 Å². The van der Waals surface area contributed by atoms with Crippen LogP contribution >= 0.6 is 0 Å². The average molecular weight is 270 g/mol. The fourth-order valence-electron chi connectivity index (χ4n) is 2.31. The van der Waals surface area contributed by atoms with Crippen molar-refractivity contribution in [2.45, 2.75) is 33.4 Å². The molecule has 6 rings (SSSR count). The Labute approximate surface area is 120 Å². The zero-order chi connectivity index (χ0) is 14.5. The van der Waals surface area contributed by atoms with E-state index in [9.17, 15) is 4.39 Å². The first-order valence-electron chi connectivity index (χ1n) is 7.28. The van der Waals surface area contributed by atoms with Gasteiger partial charge in [-0.2, -0.15) is 0 Å². The third-order valence-electron chi connectivity index (χ3n) is 3.54. The Hall–Kier alpha value is -1.77. The standard InChI is InChI=1S/C15H14BFO.C2H6/c1-16-9-8-11-2-5-13(6-3-11)18-15-7-4-12(16)10-14(15)17;1-2/h2-7,10H,8-9H2,1H3;1-2H3. The van der Waals surface area contributed by atoms with Gasteiger partial charge in [0.2, 0.25) is 0 Å². The van der Waals surface area contributed by atoms with Crippen LogP contribution in [-0.4, -0.2) is 6.71 Å². The van der Waals surface area contributed by atoms with E-state index in [1.54, 1.807) is 12.1 Å². The molecular weight excluding hydrogens is 250 g/mol. The van der Waals surface area contributed by atoms with E-state index in [1.165, 1.54) is 5.56 Å². The van der Waals surface area contributed by atoms with Crippen molar-refractivity contribution in [1.82, 2.24) is 0 Å². The molecule has 4 bridgehead atoms. The molecule has 104 valence electrons. The molecule has 2 aromatic rings. The Morgan fingerprint density at radius 1 is 1.05 bits per heavy atom. The summed E-state index contributed by atoms with van der Waals surface area (Å²) in [5, 5.41) is 0. The van der Waals surface area contributed by atoms with Gasteiger partial charge in [0.25, 0.3) is 0 Å². The molecule has 4 aliphatic rings. The molecule has 4 heterocycles. The van der Waals surface area contributed by atoms with E-state index in [-0.39, 0.29) is 5.82 Å². The van der Waals surface area contributed by atoms with Crippen molar-refractivity contribution in [3.63, 3.8) is 0 Å². The van der Waals surface area contributed by atoms with Crippen LogP contribution in [0.2, 0.25) is 13.1 Å². The topological polar surface area (TPSA) is 9.23 Å². The lowest BCUT2D eigenvalue weighted by molar-refractivity contribution is 0.442. The molecule has 20 heavy (non-hydrogen) atoms. The van der Waals surface area contributed by atoms with Crippen molar-refractivity contribution in [3.8, 4) is 11.5 Å². The molecule has 0 saturated carbocycles. The summed E-state index contributed by atoms with van der Waals surface area (Å²) in [6.07, 6.45) is 2.03. The monoisotopic (exact) mass is 270 g/mol. The number of aryl methyl sites for hydroxylation is 1. The highest BCUT2D eigenvalue weighted by atomic mass is 19.1. The highest BCUT2D eigenvalue weighted by Gasteiger charge is 2.15. The van der Waals surface area contributed by atoms with Gasteiger partial charge >= 0.3 is 0 Å². The molecule has 0 aromatic heterocycles. The third-order valence-corrected chi connectivity index (χ3v) is 3.54. The Morgan fingerprint density at radius 2 is 1.75 bits per heavy atom. The zero-order valence-corrected chi connectivity index (χ0v) is 12.3. The van der Waals surface area contributed by atoms with Crippen LogP contribution in [0.25, 0.3) is 0 Å². The Balaban J connectivity index is 0.000000704. The molecule has 4 aliphatic heterocycles. The quantitative estimate of drug-likeness (QED) is 0.639. The van der Waals surface area contributed by atoms with Crippen LogP contribution in [-0.2, 0) is 6.42 Å². The smallest absolute Gasteiger partial charge is 0.173 e. The predicted octanol–water partition coefficient (Wildman–Crippen LogP) is 4.53. The number of benzene rings is 2. The minimum Gasteiger partial charge on any atom is -0.454 e. The number of halogens is 1. The van der Waals surface area contributed by atoms with E-state index in [2.05, 4.69) is 6.82 Å². The van der Waals surface area contributed by atoms with Crippen molar-refractivity contribution in [2.24, 2.45) is 0 Å². The average Bonchev–Trinajstić information content (AvgIpc) is 2.49. The summed E-state index contributed by atoms with van der Waals surface area (Å²) in [4.78, 5) is 0. The first-order valence-corrected chi connectivity index (χ1v) is 7.28. The molecule has 0 radical (unpaired) electrons. The number of hydrogen-bond acceptors (Lipinski definition) is 1. The molecule has 0 spiro atoms. The highest BCUT2D eigenvalue weighted by Crippen LogP contribution is 2.25. The normalized spacial score (nSPS) is 12.9. The second-order valence-corrected chi connectivity index (χ2v) is 4.88. The van der Waals surface area contributed by atoms with Crippen LogP contribution in [0.1, 0.15) is 19.4 Å². The second kappa shape index (κ2) is 6.60. The number of hydrogen-bond donors (Lipinski definition) is 0. The van der Waals surface area contributed by atoms with Gasteiger partial charge in [0.1, 0.15) is 5.75 Å². The largest absolute Gasteiger partial charge is 0.454 e. The summed E-state index contributed by atoms with van der Waals surface area (Å²) in [7, 11) is 0. The molecule has 0 N–H and O–H groups in total. The summed E-state index contributed by atoms with van der Waals surface area (Å²) in [5.74, 6) is 0.683. The summed E-state index contributed by atoms with van der Waals surface area (Å²) >= 11 is 0. The maximum atomic E-state index is 13.9. The Morgan fingerprint density at radius 3 is 2.40 bits per heavy atom. The maximum absolute atomic E-state index is 13.9. The van der Waals surface area contributed by atoms with Crippen molar-refractivity contribution in [1.29, 1.82) is 0 Å². The van der Waals surface area contributed by atoms with Crippen molar-refractivity contribution < 1.29 is 9.13 Å². The van der Waals surface area contributed by atoms with Gasteiger partial charge in [0.15, 0.2) is 18.3 Å². The van der Waals surface area contributed by atoms with Crippen molar-refractivity contribution in [3.05, 3.63) is 53.8 Å². The first kappa shape index (κ1) is 14.6. The molecule has 0 atom stereocenters. The van der Waals surface area contributed by atoms with Crippen LogP contribution in [0.3, 0.4) is 0 Å². The molecular formula is C17H20BFO. The molecule has 0 aliphatic carbocycles. The van der Waals surface area contributed by atoms with E-state index < -0.39 is 0 Å². The summed E-state index contributed by atoms with van der Waals surface area (Å²) in [6, 6.07) is 13.2. The van der Waals surface area contributed by atoms with Gasteiger partial charge < -0.3 is 4.74 Å². The second-order valence-electron chi connectivity index (χ2n) is 4.88. The van der Waals surface area contributed by atoms with Crippen molar-refractivity contribution in [2.75, 3.05) is 0 Å². The van der Waals surface area contributed by atoms with Gasteiger partial charge in [-0.15, -0.1) is 0 Å². The van der Waals surface area contributed by atoms with Gasteiger partial charge in [-0.1, -0.05) is 50.7 Å². The fourth-order valence-corrected chi connectivity index (χ4v) is 2.31. The van der Waals surface area contributed by atoms with Gasteiger partial charge in [0.05, 0.1) is 0 Å². The van der Waals surface area contributed by atoms with Crippen LogP contribution in [0, 0.1) is 5.82 Å². The Bertz CT molecular complexity index is 566. The number of rotatable bonds is 0. The van der Waals surface area contributed by atoms with Crippen LogP contribution in [0.15, 0.2) is 42.5 Å². The van der Waals surface area contributed by atoms with Crippen LogP contribution < -0.4 is 10.2 Å². The van der Waals surface area contributed by atoms with Crippen molar-refractivity contribution >= 4 is 12.2 Å². The lowest BCUT2D eigenvalue weighted by Gasteiger charge is -2.14. The molecule has 3 heteroatoms. The van der Waals surface area contributed by atoms with Crippen LogP contribution in [0.4, 0.5) is 4.39 Å². The number of ether oxygens (including phenoxy) is 1. The summed E-state index contributed by atoms with van der Waals surface area (Å²) in [6.45, 7) is 6.49. The zero-order valence-electron chi connectivity index (χ0n) is 12.3. The van der Waals surface area contributed by atoms with E-state index in [4.69, 9.17) is 4.74 Å². The molecule has 0 fully saturated rings. The minimum atomic E-state index is -0.288. The third kappa shape index (κ3) is 3.22. The van der Waals surface area contributed by atoms with Gasteiger partial charge in [-0.25, -0.2) is 4.39 Å². The highest BCUT2D eigenvalue weighted by molar-refractivity contribution is 6.72. The van der Waals surface area contributed by atoms with E-state index in [0.717, 1.165) is 18.2 Å².